The molecule has 0 aliphatic carbocycles. The van der Waals surface area contributed by atoms with Gasteiger partial charge in [-0.1, -0.05) is 0 Å². The Kier molecular flexibility index (Phi) is 4.23. The van der Waals surface area contributed by atoms with E-state index in [2.05, 4.69) is 4.90 Å². The first-order chi connectivity index (χ1) is 7.85. The average molecular weight is 238 g/mol. The summed E-state index contributed by atoms with van der Waals surface area (Å²) in [5, 5.41) is 9.87. The maximum atomic E-state index is 9.87. The molecule has 0 saturated heterocycles. The molecule has 17 heavy (non-hydrogen) atoms. The van der Waals surface area contributed by atoms with Gasteiger partial charge in [-0.05, 0) is 26.8 Å². The van der Waals surface area contributed by atoms with Crippen molar-refractivity contribution in [2.24, 2.45) is 0 Å². The number of hydrogen-bond acceptors (Lipinski definition) is 4. The predicted molar refractivity (Wildman–Crippen MR) is 71.6 cm³/mol. The lowest BCUT2D eigenvalue weighted by molar-refractivity contribution is 0.0876. The number of aliphatic hydroxyl groups is 1. The molecule has 0 radical (unpaired) electrons. The van der Waals surface area contributed by atoms with Gasteiger partial charge < -0.3 is 20.5 Å². The molecule has 0 heterocycles. The van der Waals surface area contributed by atoms with Crippen LogP contribution in [0.2, 0.25) is 0 Å². The summed E-state index contributed by atoms with van der Waals surface area (Å²) < 4.78 is 5.19. The van der Waals surface area contributed by atoms with E-state index in [9.17, 15) is 5.11 Å². The Hall–Kier alpha value is -1.42. The average Bonchev–Trinajstić information content (AvgIpc) is 2.23. The maximum absolute atomic E-state index is 9.87. The molecule has 4 heteroatoms. The van der Waals surface area contributed by atoms with E-state index in [0.29, 0.717) is 12.2 Å². The SMILES string of the molecule is CCN(CC(C)(C)O)c1cc(N)cc(OC)c1. The molecular weight excluding hydrogens is 216 g/mol. The number of likely N-dealkylation sites (N-methyl/N-ethyl adjacent to an activating group) is 1. The van der Waals surface area contributed by atoms with Crippen LogP contribution < -0.4 is 15.4 Å². The molecule has 0 amide bonds. The zero-order valence-corrected chi connectivity index (χ0v) is 11.0. The van der Waals surface area contributed by atoms with Crippen molar-refractivity contribution in [3.63, 3.8) is 0 Å². The number of rotatable bonds is 5. The molecule has 0 aliphatic rings. The maximum Gasteiger partial charge on any atom is 0.122 e. The van der Waals surface area contributed by atoms with Crippen molar-refractivity contribution in [1.29, 1.82) is 0 Å². The number of nitrogen functional groups attached to an aromatic ring is 1. The molecule has 0 saturated carbocycles. The second-order valence-electron chi connectivity index (χ2n) is 4.79. The van der Waals surface area contributed by atoms with E-state index in [0.717, 1.165) is 18.0 Å². The fourth-order valence-corrected chi connectivity index (χ4v) is 1.76. The van der Waals surface area contributed by atoms with E-state index in [1.165, 1.54) is 0 Å². The molecule has 0 unspecified atom stereocenters. The van der Waals surface area contributed by atoms with Crippen LogP contribution in [0.1, 0.15) is 20.8 Å². The van der Waals surface area contributed by atoms with E-state index in [1.54, 1.807) is 27.0 Å². The molecule has 0 bridgehead atoms. The Labute approximate surface area is 103 Å². The molecule has 0 spiro atoms. The highest BCUT2D eigenvalue weighted by atomic mass is 16.5. The zero-order chi connectivity index (χ0) is 13.1. The summed E-state index contributed by atoms with van der Waals surface area (Å²) in [6, 6.07) is 5.59. The molecule has 0 fully saturated rings. The molecule has 4 nitrogen and oxygen atoms in total. The van der Waals surface area contributed by atoms with E-state index in [4.69, 9.17) is 10.5 Å². The van der Waals surface area contributed by atoms with Crippen LogP contribution in [0.5, 0.6) is 5.75 Å². The van der Waals surface area contributed by atoms with Crippen LogP contribution in [0, 0.1) is 0 Å². The van der Waals surface area contributed by atoms with Crippen LogP contribution >= 0.6 is 0 Å². The largest absolute Gasteiger partial charge is 0.497 e. The quantitative estimate of drug-likeness (QED) is 0.769. The van der Waals surface area contributed by atoms with Crippen molar-refractivity contribution in [3.05, 3.63) is 18.2 Å². The fourth-order valence-electron chi connectivity index (χ4n) is 1.76. The van der Waals surface area contributed by atoms with Gasteiger partial charge in [0, 0.05) is 36.6 Å². The minimum atomic E-state index is -0.742. The first kappa shape index (κ1) is 13.6. The van der Waals surface area contributed by atoms with Crippen molar-refractivity contribution in [2.45, 2.75) is 26.4 Å². The summed E-state index contributed by atoms with van der Waals surface area (Å²) in [5.41, 5.74) is 6.70. The van der Waals surface area contributed by atoms with Gasteiger partial charge in [-0.15, -0.1) is 0 Å². The van der Waals surface area contributed by atoms with Crippen LogP contribution in [-0.4, -0.2) is 30.9 Å². The Morgan fingerprint density at radius 3 is 2.47 bits per heavy atom. The second kappa shape index (κ2) is 5.27. The molecule has 0 aromatic heterocycles. The van der Waals surface area contributed by atoms with Crippen molar-refractivity contribution < 1.29 is 9.84 Å². The molecule has 3 N–H and O–H groups in total. The minimum Gasteiger partial charge on any atom is -0.497 e. The fraction of sp³-hybridized carbons (Fsp3) is 0.538. The number of benzene rings is 1. The van der Waals surface area contributed by atoms with Gasteiger partial charge in [0.05, 0.1) is 12.7 Å². The van der Waals surface area contributed by atoms with Crippen molar-refractivity contribution in [1.82, 2.24) is 0 Å². The van der Waals surface area contributed by atoms with Crippen molar-refractivity contribution >= 4 is 11.4 Å². The van der Waals surface area contributed by atoms with Gasteiger partial charge in [0.2, 0.25) is 0 Å². The third-order valence-corrected chi connectivity index (χ3v) is 2.47. The number of nitrogens with two attached hydrogens (primary N) is 1. The van der Waals surface area contributed by atoms with Crippen LogP contribution in [0.3, 0.4) is 0 Å². The predicted octanol–water partition coefficient (Wildman–Crippen LogP) is 1.87. The monoisotopic (exact) mass is 238 g/mol. The third kappa shape index (κ3) is 4.15. The number of hydrogen-bond donors (Lipinski definition) is 2. The summed E-state index contributed by atoms with van der Waals surface area (Å²) in [6.07, 6.45) is 0. The Morgan fingerprint density at radius 2 is 2.00 bits per heavy atom. The smallest absolute Gasteiger partial charge is 0.122 e. The molecular formula is C13H22N2O2. The summed E-state index contributed by atoms with van der Waals surface area (Å²) >= 11 is 0. The highest BCUT2D eigenvalue weighted by molar-refractivity contribution is 5.60. The Morgan fingerprint density at radius 1 is 1.35 bits per heavy atom. The van der Waals surface area contributed by atoms with Gasteiger partial charge >= 0.3 is 0 Å². The molecule has 1 rings (SSSR count). The van der Waals surface area contributed by atoms with Gasteiger partial charge in [-0.3, -0.25) is 0 Å². The summed E-state index contributed by atoms with van der Waals surface area (Å²) in [7, 11) is 1.62. The molecule has 1 aromatic rings. The van der Waals surface area contributed by atoms with Crippen molar-refractivity contribution in [3.8, 4) is 5.75 Å². The van der Waals surface area contributed by atoms with Gasteiger partial charge in [0.15, 0.2) is 0 Å². The van der Waals surface area contributed by atoms with Crippen molar-refractivity contribution in [2.75, 3.05) is 30.8 Å². The lowest BCUT2D eigenvalue weighted by atomic mass is 10.1. The standard InChI is InChI=1S/C13H22N2O2/c1-5-15(9-13(2,3)16)11-6-10(14)7-12(8-11)17-4/h6-8,16H,5,9,14H2,1-4H3. The number of ether oxygens (including phenoxy) is 1. The Bertz CT molecular complexity index is 372. The lowest BCUT2D eigenvalue weighted by Gasteiger charge is -2.30. The van der Waals surface area contributed by atoms with E-state index in [1.807, 2.05) is 19.1 Å². The highest BCUT2D eigenvalue weighted by Crippen LogP contribution is 2.26. The lowest BCUT2D eigenvalue weighted by Crippen LogP contribution is -2.38. The van der Waals surface area contributed by atoms with E-state index >= 15 is 0 Å². The second-order valence-corrected chi connectivity index (χ2v) is 4.79. The molecule has 96 valence electrons. The summed E-state index contributed by atoms with van der Waals surface area (Å²) in [4.78, 5) is 2.07. The number of methoxy groups -OCH3 is 1. The topological polar surface area (TPSA) is 58.7 Å². The molecule has 1 aromatic carbocycles. The highest BCUT2D eigenvalue weighted by Gasteiger charge is 2.18. The number of nitrogens with zero attached hydrogens (tertiary/aromatic N) is 1. The normalized spacial score (nSPS) is 11.4. The first-order valence-corrected chi connectivity index (χ1v) is 5.77. The van der Waals surface area contributed by atoms with Crippen LogP contribution in [-0.2, 0) is 0 Å². The van der Waals surface area contributed by atoms with Gasteiger partial charge in [-0.25, -0.2) is 0 Å². The number of anilines is 2. The molecule has 0 aliphatic heterocycles. The zero-order valence-electron chi connectivity index (χ0n) is 11.0. The third-order valence-electron chi connectivity index (χ3n) is 2.47. The van der Waals surface area contributed by atoms with Gasteiger partial charge in [-0.2, -0.15) is 0 Å². The van der Waals surface area contributed by atoms with E-state index in [-0.39, 0.29) is 0 Å². The van der Waals surface area contributed by atoms with Crippen LogP contribution in [0.15, 0.2) is 18.2 Å². The van der Waals surface area contributed by atoms with Crippen LogP contribution in [0.4, 0.5) is 11.4 Å². The first-order valence-electron chi connectivity index (χ1n) is 5.77. The minimum absolute atomic E-state index is 0.552. The van der Waals surface area contributed by atoms with Gasteiger partial charge in [0.1, 0.15) is 5.75 Å². The molecule has 0 atom stereocenters. The summed E-state index contributed by atoms with van der Waals surface area (Å²) in [5.74, 6) is 0.731. The van der Waals surface area contributed by atoms with Crippen LogP contribution in [0.25, 0.3) is 0 Å². The van der Waals surface area contributed by atoms with Gasteiger partial charge in [0.25, 0.3) is 0 Å². The summed E-state index contributed by atoms with van der Waals surface area (Å²) in [6.45, 7) is 6.98. The Balaban J connectivity index is 2.99. The van der Waals surface area contributed by atoms with E-state index < -0.39 is 5.60 Å².